The van der Waals surface area contributed by atoms with Gasteiger partial charge in [0.1, 0.15) is 12.2 Å². The van der Waals surface area contributed by atoms with E-state index in [1.54, 1.807) is 0 Å². The number of hydrogen-bond donors (Lipinski definition) is 1. The van der Waals surface area contributed by atoms with Gasteiger partial charge in [-0.15, -0.1) is 0 Å². The Hall–Kier alpha value is -0.870. The van der Waals surface area contributed by atoms with Gasteiger partial charge in [-0.25, -0.2) is 0 Å². The van der Waals surface area contributed by atoms with Gasteiger partial charge in [0.2, 0.25) is 0 Å². The molecule has 0 radical (unpaired) electrons. The van der Waals surface area contributed by atoms with Gasteiger partial charge in [-0.05, 0) is 25.7 Å². The first-order valence-corrected chi connectivity index (χ1v) is 9.26. The highest BCUT2D eigenvalue weighted by Gasteiger charge is 2.41. The lowest BCUT2D eigenvalue weighted by Crippen LogP contribution is -2.16. The molecule has 4 heteroatoms. The zero-order valence-electron chi connectivity index (χ0n) is 14.8. The number of carbonyl (C=O) groups excluding carboxylic acids is 1. The number of hydrogen-bond acceptors (Lipinski definition) is 4. The maximum Gasteiger partial charge on any atom is 0.305 e. The zero-order valence-corrected chi connectivity index (χ0v) is 14.8. The van der Waals surface area contributed by atoms with Gasteiger partial charge in [-0.3, -0.25) is 4.79 Å². The van der Waals surface area contributed by atoms with E-state index in [1.165, 1.54) is 39.2 Å². The summed E-state index contributed by atoms with van der Waals surface area (Å²) in [5.41, 5.74) is 0. The van der Waals surface area contributed by atoms with Gasteiger partial charge < -0.3 is 14.6 Å². The highest BCUT2D eigenvalue weighted by Crippen LogP contribution is 2.29. The third kappa shape index (κ3) is 9.77. The standard InChI is InChI=1S/C19H34O4/c1-3-4-10-13-16(20)19-17(23-19)14-11-8-6-5-7-9-12-15-18(21)22-2/h11,14,16-17,19-20H,3-10,12-13,15H2,1-2H3/b14-11+/t16-,17-,19-/m1/s1. The fourth-order valence-corrected chi connectivity index (χ4v) is 2.76. The smallest absolute Gasteiger partial charge is 0.305 e. The van der Waals surface area contributed by atoms with Gasteiger partial charge in [0, 0.05) is 6.42 Å². The molecule has 4 nitrogen and oxygen atoms in total. The van der Waals surface area contributed by atoms with Gasteiger partial charge in [0.15, 0.2) is 0 Å². The van der Waals surface area contributed by atoms with Crippen molar-refractivity contribution >= 4 is 5.97 Å². The van der Waals surface area contributed by atoms with Crippen molar-refractivity contribution in [3.63, 3.8) is 0 Å². The van der Waals surface area contributed by atoms with Crippen LogP contribution in [-0.4, -0.2) is 36.5 Å². The molecular weight excluding hydrogens is 292 g/mol. The maximum absolute atomic E-state index is 10.9. The van der Waals surface area contributed by atoms with E-state index in [2.05, 4.69) is 23.8 Å². The molecule has 0 amide bonds. The van der Waals surface area contributed by atoms with Crippen LogP contribution >= 0.6 is 0 Å². The zero-order chi connectivity index (χ0) is 16.9. The number of esters is 1. The lowest BCUT2D eigenvalue weighted by Gasteiger charge is -2.05. The highest BCUT2D eigenvalue weighted by atomic mass is 16.6. The molecule has 0 saturated carbocycles. The van der Waals surface area contributed by atoms with Gasteiger partial charge in [0.05, 0.1) is 13.2 Å². The predicted molar refractivity (Wildman–Crippen MR) is 92.3 cm³/mol. The van der Waals surface area contributed by atoms with Crippen LogP contribution in [0.15, 0.2) is 12.2 Å². The van der Waals surface area contributed by atoms with Crippen LogP contribution in [0.2, 0.25) is 0 Å². The molecule has 0 spiro atoms. The van der Waals surface area contributed by atoms with Crippen LogP contribution in [0.4, 0.5) is 0 Å². The van der Waals surface area contributed by atoms with Gasteiger partial charge in [-0.2, -0.15) is 0 Å². The van der Waals surface area contributed by atoms with E-state index in [-0.39, 0.29) is 24.3 Å². The summed E-state index contributed by atoms with van der Waals surface area (Å²) in [6.45, 7) is 2.17. The molecule has 0 unspecified atom stereocenters. The van der Waals surface area contributed by atoms with E-state index in [4.69, 9.17) is 4.74 Å². The van der Waals surface area contributed by atoms with Gasteiger partial charge >= 0.3 is 5.97 Å². The van der Waals surface area contributed by atoms with Crippen molar-refractivity contribution in [3.8, 4) is 0 Å². The number of ether oxygens (including phenoxy) is 2. The van der Waals surface area contributed by atoms with Crippen molar-refractivity contribution in [3.05, 3.63) is 12.2 Å². The molecule has 1 heterocycles. The number of epoxide rings is 1. The Balaban J connectivity index is 1.91. The van der Waals surface area contributed by atoms with Crippen molar-refractivity contribution in [2.45, 2.75) is 95.9 Å². The Kier molecular flexibility index (Phi) is 11.0. The topological polar surface area (TPSA) is 59.1 Å². The Bertz CT molecular complexity index is 340. The average molecular weight is 326 g/mol. The second-order valence-electron chi connectivity index (χ2n) is 6.44. The summed E-state index contributed by atoms with van der Waals surface area (Å²) < 4.78 is 10.1. The van der Waals surface area contributed by atoms with Crippen LogP contribution in [0, 0.1) is 0 Å². The molecule has 134 valence electrons. The van der Waals surface area contributed by atoms with E-state index in [0.717, 1.165) is 32.1 Å². The third-order valence-electron chi connectivity index (χ3n) is 4.35. The minimum atomic E-state index is -0.300. The third-order valence-corrected chi connectivity index (χ3v) is 4.35. The number of aliphatic hydroxyl groups is 1. The lowest BCUT2D eigenvalue weighted by molar-refractivity contribution is -0.140. The molecule has 1 aliphatic heterocycles. The van der Waals surface area contributed by atoms with E-state index in [9.17, 15) is 9.90 Å². The summed E-state index contributed by atoms with van der Waals surface area (Å²) in [5.74, 6) is -0.108. The maximum atomic E-state index is 10.9. The van der Waals surface area contributed by atoms with Crippen molar-refractivity contribution < 1.29 is 19.4 Å². The predicted octanol–water partition coefficient (Wildman–Crippen LogP) is 4.15. The average Bonchev–Trinajstić information content (AvgIpc) is 3.32. The molecule has 1 aliphatic rings. The Morgan fingerprint density at radius 1 is 1.17 bits per heavy atom. The van der Waals surface area contributed by atoms with Crippen molar-refractivity contribution in [2.75, 3.05) is 7.11 Å². The normalized spacial score (nSPS) is 21.5. The highest BCUT2D eigenvalue weighted by molar-refractivity contribution is 5.68. The summed E-state index contributed by atoms with van der Waals surface area (Å²) in [6.07, 6.45) is 15.6. The van der Waals surface area contributed by atoms with E-state index in [1.807, 2.05) is 0 Å². The van der Waals surface area contributed by atoms with Gasteiger partial charge in [-0.1, -0.05) is 57.6 Å². The summed E-state index contributed by atoms with van der Waals surface area (Å²) in [6, 6.07) is 0. The van der Waals surface area contributed by atoms with Crippen molar-refractivity contribution in [1.29, 1.82) is 0 Å². The number of carbonyl (C=O) groups is 1. The summed E-state index contributed by atoms with van der Waals surface area (Å²) in [5, 5.41) is 9.97. The molecule has 0 bridgehead atoms. The molecule has 1 fully saturated rings. The molecule has 1 rings (SSSR count). The molecule has 0 aromatic heterocycles. The second-order valence-corrected chi connectivity index (χ2v) is 6.44. The summed E-state index contributed by atoms with van der Waals surface area (Å²) in [4.78, 5) is 10.9. The van der Waals surface area contributed by atoms with Crippen molar-refractivity contribution in [1.82, 2.24) is 0 Å². The quantitative estimate of drug-likeness (QED) is 0.225. The Morgan fingerprint density at radius 2 is 1.91 bits per heavy atom. The van der Waals surface area contributed by atoms with Crippen molar-refractivity contribution in [2.24, 2.45) is 0 Å². The van der Waals surface area contributed by atoms with Crippen LogP contribution in [0.3, 0.4) is 0 Å². The van der Waals surface area contributed by atoms with E-state index >= 15 is 0 Å². The van der Waals surface area contributed by atoms with Crippen LogP contribution in [0.5, 0.6) is 0 Å². The number of unbranched alkanes of at least 4 members (excludes halogenated alkanes) is 7. The molecule has 1 N–H and O–H groups in total. The minimum absolute atomic E-state index is 0.0291. The van der Waals surface area contributed by atoms with E-state index < -0.39 is 0 Å². The molecule has 1 saturated heterocycles. The lowest BCUT2D eigenvalue weighted by atomic mass is 10.1. The number of rotatable bonds is 14. The second kappa shape index (κ2) is 12.5. The molecule has 0 aromatic rings. The molecule has 0 aromatic carbocycles. The SMILES string of the molecule is CCCCC[C@@H](O)[C@H]1O[C@@H]1/C=C/CCCCCCCC(=O)OC. The number of methoxy groups -OCH3 is 1. The van der Waals surface area contributed by atoms with E-state index in [0.29, 0.717) is 6.42 Å². The number of allylic oxidation sites excluding steroid dienone is 1. The largest absolute Gasteiger partial charge is 0.469 e. The van der Waals surface area contributed by atoms with Crippen LogP contribution in [0.25, 0.3) is 0 Å². The molecule has 23 heavy (non-hydrogen) atoms. The first-order valence-electron chi connectivity index (χ1n) is 9.26. The number of aliphatic hydroxyl groups excluding tert-OH is 1. The monoisotopic (exact) mass is 326 g/mol. The van der Waals surface area contributed by atoms with Crippen LogP contribution < -0.4 is 0 Å². The molecule has 3 atom stereocenters. The van der Waals surface area contributed by atoms with Crippen LogP contribution in [0.1, 0.15) is 77.6 Å². The molecule has 0 aliphatic carbocycles. The summed E-state index contributed by atoms with van der Waals surface area (Å²) >= 11 is 0. The Labute approximate surface area is 141 Å². The fourth-order valence-electron chi connectivity index (χ4n) is 2.76. The minimum Gasteiger partial charge on any atom is -0.469 e. The molecular formula is C19H34O4. The Morgan fingerprint density at radius 3 is 2.65 bits per heavy atom. The first-order chi connectivity index (χ1) is 11.2. The fraction of sp³-hybridized carbons (Fsp3) is 0.842. The summed E-state index contributed by atoms with van der Waals surface area (Å²) in [7, 11) is 1.44. The first kappa shape index (κ1) is 20.2. The van der Waals surface area contributed by atoms with Crippen LogP contribution in [-0.2, 0) is 14.3 Å². The van der Waals surface area contributed by atoms with Gasteiger partial charge in [0.25, 0.3) is 0 Å².